The van der Waals surface area contributed by atoms with Crippen LogP contribution in [0.25, 0.3) is 0 Å². The van der Waals surface area contributed by atoms with Crippen LogP contribution >= 0.6 is 11.3 Å². The number of anilines is 1. The van der Waals surface area contributed by atoms with Crippen molar-refractivity contribution in [2.45, 2.75) is 26.3 Å². The maximum absolute atomic E-state index is 11.9. The zero-order valence-electron chi connectivity index (χ0n) is 14.6. The third kappa shape index (κ3) is 6.52. The first kappa shape index (κ1) is 19.4. The quantitative estimate of drug-likeness (QED) is 0.477. The predicted octanol–water partition coefficient (Wildman–Crippen LogP) is 1.47. The van der Waals surface area contributed by atoms with Gasteiger partial charge >= 0.3 is 0 Å². The largest absolute Gasteiger partial charge is 0.497 e. The summed E-state index contributed by atoms with van der Waals surface area (Å²) in [6.07, 6.45) is 0.189. The van der Waals surface area contributed by atoms with Crippen LogP contribution in [-0.2, 0) is 22.6 Å². The Hall–Kier alpha value is -2.94. The molecular formula is C17H21N5O3S. The highest BCUT2D eigenvalue weighted by Gasteiger charge is 2.07. The van der Waals surface area contributed by atoms with E-state index in [1.54, 1.807) is 19.4 Å². The van der Waals surface area contributed by atoms with Crippen LogP contribution in [0.3, 0.4) is 0 Å². The molecule has 1 aromatic heterocycles. The van der Waals surface area contributed by atoms with Crippen LogP contribution in [0.2, 0.25) is 0 Å². The van der Waals surface area contributed by atoms with Crippen molar-refractivity contribution in [2.24, 2.45) is 5.10 Å². The van der Waals surface area contributed by atoms with Crippen LogP contribution in [0.4, 0.5) is 5.13 Å². The monoisotopic (exact) mass is 375 g/mol. The summed E-state index contributed by atoms with van der Waals surface area (Å²) in [5.41, 5.74) is 9.98. The maximum Gasteiger partial charge on any atom is 0.246 e. The molecule has 26 heavy (non-hydrogen) atoms. The number of nitrogens with zero attached hydrogens (tertiary/aromatic N) is 2. The van der Waals surface area contributed by atoms with E-state index in [2.05, 4.69) is 20.8 Å². The second-order valence-electron chi connectivity index (χ2n) is 5.54. The van der Waals surface area contributed by atoms with E-state index in [0.29, 0.717) is 23.1 Å². The minimum Gasteiger partial charge on any atom is -0.497 e. The average molecular weight is 375 g/mol. The van der Waals surface area contributed by atoms with E-state index < -0.39 is 0 Å². The molecule has 8 nitrogen and oxygen atoms in total. The van der Waals surface area contributed by atoms with Gasteiger partial charge in [0.1, 0.15) is 5.75 Å². The molecule has 138 valence electrons. The zero-order valence-corrected chi connectivity index (χ0v) is 15.4. The molecule has 4 N–H and O–H groups in total. The Bertz CT molecular complexity index is 786. The molecule has 0 radical (unpaired) electrons. The number of nitrogens with one attached hydrogen (secondary N) is 2. The second kappa shape index (κ2) is 9.52. The molecule has 1 heterocycles. The van der Waals surface area contributed by atoms with Gasteiger partial charge < -0.3 is 15.8 Å². The highest BCUT2D eigenvalue weighted by molar-refractivity contribution is 7.13. The smallest absolute Gasteiger partial charge is 0.246 e. The lowest BCUT2D eigenvalue weighted by molar-refractivity contribution is -0.121. The lowest BCUT2D eigenvalue weighted by Crippen LogP contribution is -2.26. The number of carbonyl (C=O) groups excluding carboxylic acids is 2. The number of aromatic nitrogens is 1. The van der Waals surface area contributed by atoms with Crippen molar-refractivity contribution in [3.63, 3.8) is 0 Å². The van der Waals surface area contributed by atoms with E-state index in [4.69, 9.17) is 10.5 Å². The van der Waals surface area contributed by atoms with Gasteiger partial charge in [0.15, 0.2) is 5.13 Å². The Morgan fingerprint density at radius 2 is 2.00 bits per heavy atom. The van der Waals surface area contributed by atoms with Gasteiger partial charge in [0.05, 0.1) is 25.6 Å². The van der Waals surface area contributed by atoms with Gasteiger partial charge in [-0.2, -0.15) is 5.10 Å². The summed E-state index contributed by atoms with van der Waals surface area (Å²) in [5.74, 6) is 0.274. The lowest BCUT2D eigenvalue weighted by Gasteiger charge is -2.06. The van der Waals surface area contributed by atoms with Gasteiger partial charge in [-0.3, -0.25) is 9.59 Å². The first-order chi connectivity index (χ1) is 12.5. The van der Waals surface area contributed by atoms with E-state index in [1.165, 1.54) is 11.3 Å². The number of benzene rings is 1. The van der Waals surface area contributed by atoms with Gasteiger partial charge in [0, 0.05) is 17.6 Å². The number of rotatable bonds is 8. The number of hydrogen-bond donors (Lipinski definition) is 3. The van der Waals surface area contributed by atoms with E-state index >= 15 is 0 Å². The number of methoxy groups -OCH3 is 1. The fraction of sp³-hybridized carbons (Fsp3) is 0.294. The Labute approximate surface area is 155 Å². The van der Waals surface area contributed by atoms with Gasteiger partial charge in [-0.15, -0.1) is 11.3 Å². The lowest BCUT2D eigenvalue weighted by atomic mass is 10.2. The molecule has 0 aliphatic carbocycles. The normalized spacial score (nSPS) is 11.1. The number of nitrogens with two attached hydrogens (primary N) is 1. The first-order valence-electron chi connectivity index (χ1n) is 7.87. The maximum atomic E-state index is 11.9. The van der Waals surface area contributed by atoms with Crippen LogP contribution in [0.1, 0.15) is 24.6 Å². The molecule has 2 amide bonds. The number of thiazole rings is 1. The van der Waals surface area contributed by atoms with Gasteiger partial charge in [-0.25, -0.2) is 10.4 Å². The van der Waals surface area contributed by atoms with Gasteiger partial charge in [0.25, 0.3) is 0 Å². The average Bonchev–Trinajstić information content (AvgIpc) is 3.03. The summed E-state index contributed by atoms with van der Waals surface area (Å²) in [7, 11) is 1.60. The highest BCUT2D eigenvalue weighted by atomic mass is 32.1. The third-order valence-corrected chi connectivity index (χ3v) is 4.07. The van der Waals surface area contributed by atoms with Gasteiger partial charge in [0.2, 0.25) is 11.8 Å². The SMILES string of the molecule is COc1ccc(CNC(=O)C/C(C)=N\NC(=O)Cc2csc(N)n2)cc1. The van der Waals surface area contributed by atoms with E-state index in [-0.39, 0.29) is 24.7 Å². The molecule has 2 rings (SSSR count). The number of nitrogen functional groups attached to an aromatic ring is 1. The Morgan fingerprint density at radius 3 is 2.62 bits per heavy atom. The van der Waals surface area contributed by atoms with Crippen molar-refractivity contribution in [1.82, 2.24) is 15.7 Å². The Balaban J connectivity index is 1.72. The molecule has 0 aliphatic heterocycles. The topological polar surface area (TPSA) is 119 Å². The molecule has 0 spiro atoms. The molecule has 0 atom stereocenters. The molecule has 0 aliphatic rings. The zero-order chi connectivity index (χ0) is 18.9. The minimum absolute atomic E-state index is 0.0914. The standard InChI is InChI=1S/C17H21N5O3S/c1-11(21-22-16(24)8-13-10-26-17(18)20-13)7-15(23)19-9-12-3-5-14(25-2)6-4-12/h3-6,10H,7-9H2,1-2H3,(H2,18,20)(H,19,23)(H,22,24)/b21-11-. The third-order valence-electron chi connectivity index (χ3n) is 3.35. The number of ether oxygens (including phenoxy) is 1. The van der Waals surface area contributed by atoms with Crippen LogP contribution in [0.5, 0.6) is 5.75 Å². The summed E-state index contributed by atoms with van der Waals surface area (Å²) < 4.78 is 5.09. The van der Waals surface area contributed by atoms with Crippen molar-refractivity contribution >= 4 is 34.0 Å². The predicted molar refractivity (Wildman–Crippen MR) is 101 cm³/mol. The van der Waals surface area contributed by atoms with Crippen LogP contribution < -0.4 is 21.2 Å². The molecule has 0 saturated carbocycles. The van der Waals surface area contributed by atoms with Crippen molar-refractivity contribution in [1.29, 1.82) is 0 Å². The van der Waals surface area contributed by atoms with E-state index in [0.717, 1.165) is 11.3 Å². The van der Waals surface area contributed by atoms with Gasteiger partial charge in [-0.1, -0.05) is 12.1 Å². The molecule has 1 aromatic carbocycles. The molecule has 9 heteroatoms. The summed E-state index contributed by atoms with van der Waals surface area (Å²) in [5, 5.41) is 8.87. The molecule has 2 aromatic rings. The fourth-order valence-corrected chi connectivity index (χ4v) is 2.61. The number of amides is 2. The molecule has 0 fully saturated rings. The summed E-state index contributed by atoms with van der Waals surface area (Å²) in [6, 6.07) is 7.43. The summed E-state index contributed by atoms with van der Waals surface area (Å²) in [6.45, 7) is 2.09. The minimum atomic E-state index is -0.312. The van der Waals surface area contributed by atoms with Crippen molar-refractivity contribution in [3.05, 3.63) is 40.9 Å². The van der Waals surface area contributed by atoms with Crippen molar-refractivity contribution in [3.8, 4) is 5.75 Å². The van der Waals surface area contributed by atoms with Gasteiger partial charge in [-0.05, 0) is 24.6 Å². The fourth-order valence-electron chi connectivity index (χ4n) is 2.04. The Kier molecular flexibility index (Phi) is 7.10. The Morgan fingerprint density at radius 1 is 1.27 bits per heavy atom. The number of hydrazone groups is 1. The van der Waals surface area contributed by atoms with Crippen LogP contribution in [0.15, 0.2) is 34.7 Å². The van der Waals surface area contributed by atoms with Crippen LogP contribution in [0, 0.1) is 0 Å². The molecule has 0 unspecified atom stereocenters. The summed E-state index contributed by atoms with van der Waals surface area (Å²) in [4.78, 5) is 27.7. The second-order valence-corrected chi connectivity index (χ2v) is 6.43. The van der Waals surface area contributed by atoms with E-state index in [1.807, 2.05) is 24.3 Å². The number of hydrogen-bond acceptors (Lipinski definition) is 7. The number of carbonyl (C=O) groups is 2. The molecule has 0 bridgehead atoms. The summed E-state index contributed by atoms with van der Waals surface area (Å²) >= 11 is 1.28. The highest BCUT2D eigenvalue weighted by Crippen LogP contribution is 2.11. The van der Waals surface area contributed by atoms with Crippen molar-refractivity contribution in [2.75, 3.05) is 12.8 Å². The van der Waals surface area contributed by atoms with Crippen LogP contribution in [-0.4, -0.2) is 29.6 Å². The van der Waals surface area contributed by atoms with E-state index in [9.17, 15) is 9.59 Å². The van der Waals surface area contributed by atoms with Crippen molar-refractivity contribution < 1.29 is 14.3 Å². The molecular weight excluding hydrogens is 354 g/mol. The molecule has 0 saturated heterocycles. The first-order valence-corrected chi connectivity index (χ1v) is 8.75.